The van der Waals surface area contributed by atoms with E-state index >= 15 is 0 Å². The minimum Gasteiger partial charge on any atom is -0.457 e. The number of amides is 1. The number of fused-ring (bicyclic) bond motifs is 1. The predicted molar refractivity (Wildman–Crippen MR) is 133 cm³/mol. The van der Waals surface area contributed by atoms with Crippen LogP contribution in [0.3, 0.4) is 0 Å². The zero-order valence-corrected chi connectivity index (χ0v) is 18.9. The number of aliphatic hydroxyl groups excluding tert-OH is 1. The second kappa shape index (κ2) is 9.11. The quantitative estimate of drug-likeness (QED) is 0.433. The largest absolute Gasteiger partial charge is 0.457 e. The summed E-state index contributed by atoms with van der Waals surface area (Å²) in [5, 5.41) is 10.4. The molecule has 1 aliphatic rings. The van der Waals surface area contributed by atoms with Crippen molar-refractivity contribution in [2.45, 2.75) is 18.6 Å². The van der Waals surface area contributed by atoms with E-state index < -0.39 is 12.1 Å². The van der Waals surface area contributed by atoms with Gasteiger partial charge in [-0.15, -0.1) is 0 Å². The van der Waals surface area contributed by atoms with Crippen LogP contribution in [0.4, 0.5) is 5.82 Å². The Morgan fingerprint density at radius 3 is 2.51 bits per heavy atom. The fourth-order valence-corrected chi connectivity index (χ4v) is 4.61. The number of imidazole rings is 1. The van der Waals surface area contributed by atoms with Gasteiger partial charge in [0, 0.05) is 19.3 Å². The fourth-order valence-electron chi connectivity index (χ4n) is 4.61. The Bertz CT molecular complexity index is 1440. The number of nitrogens with two attached hydrogens (primary N) is 1. The van der Waals surface area contributed by atoms with Gasteiger partial charge in [0.25, 0.3) is 0 Å². The number of hydrogen-bond donors (Lipinski definition) is 2. The summed E-state index contributed by atoms with van der Waals surface area (Å²) in [6.07, 6.45) is 2.31. The van der Waals surface area contributed by atoms with Crippen LogP contribution >= 0.6 is 0 Å². The molecule has 178 valence electrons. The third kappa shape index (κ3) is 4.17. The van der Waals surface area contributed by atoms with E-state index in [1.165, 1.54) is 15.5 Å². The number of β-amino-alcohol motifs (C(OH)–C–C–N with tert-alkyl or cyclic N) is 1. The van der Waals surface area contributed by atoms with E-state index in [1.807, 2.05) is 30.3 Å². The van der Waals surface area contributed by atoms with E-state index in [0.29, 0.717) is 34.6 Å². The number of nitrogen functional groups attached to an aromatic ring is 1. The van der Waals surface area contributed by atoms with E-state index in [9.17, 15) is 14.7 Å². The number of piperidine rings is 1. The lowest BCUT2D eigenvalue weighted by molar-refractivity contribution is -0.130. The highest BCUT2D eigenvalue weighted by Crippen LogP contribution is 2.29. The van der Waals surface area contributed by atoms with Gasteiger partial charge in [-0.1, -0.05) is 24.8 Å². The summed E-state index contributed by atoms with van der Waals surface area (Å²) < 4.78 is 8.96. The van der Waals surface area contributed by atoms with E-state index in [1.54, 1.807) is 41.1 Å². The third-order valence-corrected chi connectivity index (χ3v) is 6.14. The first-order valence-electron chi connectivity index (χ1n) is 11.3. The molecule has 0 radical (unpaired) electrons. The lowest BCUT2D eigenvalue weighted by Crippen LogP contribution is -2.47. The SMILES string of the molecule is C=CC(=O)N1C[C@H](O)C[C@H](n2c(=O)n(-c3ccc(Oc4ccccc4)cc3)c3c(N)nccc32)C1. The summed E-state index contributed by atoms with van der Waals surface area (Å²) in [5.41, 5.74) is 7.54. The smallest absolute Gasteiger partial charge is 0.334 e. The van der Waals surface area contributed by atoms with Gasteiger partial charge in [0.05, 0.1) is 23.3 Å². The first-order valence-corrected chi connectivity index (χ1v) is 11.3. The van der Waals surface area contributed by atoms with Crippen LogP contribution in [0.5, 0.6) is 11.5 Å². The van der Waals surface area contributed by atoms with Crippen LogP contribution in [0.25, 0.3) is 16.7 Å². The molecule has 1 fully saturated rings. The van der Waals surface area contributed by atoms with Crippen LogP contribution in [0, 0.1) is 0 Å². The van der Waals surface area contributed by atoms with Crippen molar-refractivity contribution >= 4 is 22.8 Å². The average Bonchev–Trinajstić information content (AvgIpc) is 3.17. The first kappa shape index (κ1) is 22.4. The van der Waals surface area contributed by atoms with Crippen molar-refractivity contribution in [1.29, 1.82) is 0 Å². The first-order chi connectivity index (χ1) is 17.0. The summed E-state index contributed by atoms with van der Waals surface area (Å²) >= 11 is 0. The minimum atomic E-state index is -0.767. The molecule has 35 heavy (non-hydrogen) atoms. The van der Waals surface area contributed by atoms with Gasteiger partial charge < -0.3 is 20.5 Å². The van der Waals surface area contributed by atoms with Gasteiger partial charge in [-0.2, -0.15) is 0 Å². The zero-order valence-electron chi connectivity index (χ0n) is 18.9. The van der Waals surface area contributed by atoms with Gasteiger partial charge in [0.1, 0.15) is 22.8 Å². The van der Waals surface area contributed by atoms with Crippen LogP contribution in [0.15, 0.2) is 84.3 Å². The van der Waals surface area contributed by atoms with Crippen molar-refractivity contribution in [1.82, 2.24) is 19.0 Å². The lowest BCUT2D eigenvalue weighted by Gasteiger charge is -2.35. The molecular formula is C26H25N5O4. The summed E-state index contributed by atoms with van der Waals surface area (Å²) in [6, 6.07) is 17.8. The number of pyridine rings is 1. The Morgan fingerprint density at radius 2 is 1.80 bits per heavy atom. The molecule has 4 aromatic rings. The number of carbonyl (C=O) groups is 1. The Balaban J connectivity index is 1.57. The molecule has 0 aliphatic carbocycles. The summed E-state index contributed by atoms with van der Waals surface area (Å²) in [6.45, 7) is 4.00. The van der Waals surface area contributed by atoms with E-state index in [0.717, 1.165) is 0 Å². The van der Waals surface area contributed by atoms with Crippen molar-refractivity contribution in [2.24, 2.45) is 0 Å². The number of para-hydroxylation sites is 1. The van der Waals surface area contributed by atoms with Crippen LogP contribution in [0.1, 0.15) is 12.5 Å². The number of ether oxygens (including phenoxy) is 1. The van der Waals surface area contributed by atoms with Gasteiger partial charge in [-0.3, -0.25) is 13.9 Å². The number of hydrogen-bond acceptors (Lipinski definition) is 6. The lowest BCUT2D eigenvalue weighted by atomic mass is 10.0. The van der Waals surface area contributed by atoms with Crippen molar-refractivity contribution in [3.8, 4) is 17.2 Å². The molecular weight excluding hydrogens is 446 g/mol. The molecule has 2 aromatic heterocycles. The molecule has 0 spiro atoms. The number of anilines is 1. The topological polar surface area (TPSA) is 116 Å². The average molecular weight is 472 g/mol. The molecule has 5 rings (SSSR count). The molecule has 0 bridgehead atoms. The van der Waals surface area contributed by atoms with E-state index in [2.05, 4.69) is 11.6 Å². The fraction of sp³-hybridized carbons (Fsp3) is 0.192. The normalized spacial score (nSPS) is 17.9. The van der Waals surface area contributed by atoms with Crippen LogP contribution in [-0.4, -0.2) is 49.2 Å². The molecule has 1 saturated heterocycles. The second-order valence-corrected chi connectivity index (χ2v) is 8.45. The summed E-state index contributed by atoms with van der Waals surface area (Å²) in [4.78, 5) is 31.7. The highest BCUT2D eigenvalue weighted by Gasteiger charge is 2.32. The van der Waals surface area contributed by atoms with Gasteiger partial charge in [0.2, 0.25) is 5.91 Å². The molecule has 9 heteroatoms. The van der Waals surface area contributed by atoms with E-state index in [-0.39, 0.29) is 30.5 Å². The molecule has 3 heterocycles. The molecule has 1 amide bonds. The second-order valence-electron chi connectivity index (χ2n) is 8.45. The molecule has 2 aromatic carbocycles. The van der Waals surface area contributed by atoms with Crippen LogP contribution < -0.4 is 16.2 Å². The summed E-state index contributed by atoms with van der Waals surface area (Å²) in [5.74, 6) is 1.24. The molecule has 3 N–H and O–H groups in total. The Morgan fingerprint density at radius 1 is 1.09 bits per heavy atom. The maximum Gasteiger partial charge on any atom is 0.334 e. The van der Waals surface area contributed by atoms with Gasteiger partial charge in [-0.25, -0.2) is 9.78 Å². The van der Waals surface area contributed by atoms with Crippen LogP contribution in [-0.2, 0) is 4.79 Å². The molecule has 0 unspecified atom stereocenters. The number of aliphatic hydroxyl groups is 1. The highest BCUT2D eigenvalue weighted by atomic mass is 16.5. The number of nitrogens with zero attached hydrogens (tertiary/aromatic N) is 4. The number of rotatable bonds is 5. The third-order valence-electron chi connectivity index (χ3n) is 6.14. The van der Waals surface area contributed by atoms with Crippen LogP contribution in [0.2, 0.25) is 0 Å². The van der Waals surface area contributed by atoms with Gasteiger partial charge >= 0.3 is 5.69 Å². The number of benzene rings is 2. The minimum absolute atomic E-state index is 0.196. The molecule has 9 nitrogen and oxygen atoms in total. The molecule has 1 aliphatic heterocycles. The standard InChI is InChI=1S/C26H25N5O4/c1-2-23(33)29-15-18(14-19(32)16-29)30-22-12-13-28-25(27)24(22)31(26(30)34)17-8-10-21(11-9-17)35-20-6-4-3-5-7-20/h2-13,18-19,32H,1,14-16H2,(H2,27,28)/t18-,19+/m0/s1. The Hall–Kier alpha value is -4.37. The molecule has 2 atom stereocenters. The number of likely N-dealkylation sites (tertiary alicyclic amines) is 1. The predicted octanol–water partition coefficient (Wildman–Crippen LogP) is 2.88. The Labute approximate surface area is 201 Å². The van der Waals surface area contributed by atoms with E-state index in [4.69, 9.17) is 10.5 Å². The van der Waals surface area contributed by atoms with Crippen molar-refractivity contribution < 1.29 is 14.6 Å². The zero-order chi connectivity index (χ0) is 24.5. The maximum atomic E-state index is 13.8. The molecule has 0 saturated carbocycles. The van der Waals surface area contributed by atoms with Crippen molar-refractivity contribution in [3.05, 3.63) is 90.0 Å². The van der Waals surface area contributed by atoms with Gasteiger partial charge in [-0.05, 0) is 55.0 Å². The van der Waals surface area contributed by atoms with Crippen molar-refractivity contribution in [3.63, 3.8) is 0 Å². The number of carbonyl (C=O) groups excluding carboxylic acids is 1. The highest BCUT2D eigenvalue weighted by molar-refractivity contribution is 5.88. The van der Waals surface area contributed by atoms with Crippen molar-refractivity contribution in [2.75, 3.05) is 18.8 Å². The summed E-state index contributed by atoms with van der Waals surface area (Å²) in [7, 11) is 0. The van der Waals surface area contributed by atoms with Gasteiger partial charge in [0.15, 0.2) is 0 Å². The Kier molecular flexibility index (Phi) is 5.84. The maximum absolute atomic E-state index is 13.8. The number of aromatic nitrogens is 3. The monoisotopic (exact) mass is 471 g/mol.